The van der Waals surface area contributed by atoms with Crippen LogP contribution in [0.2, 0.25) is 0 Å². The van der Waals surface area contributed by atoms with Gasteiger partial charge in [0.15, 0.2) is 23.1 Å². The molecule has 0 N–H and O–H groups in total. The van der Waals surface area contributed by atoms with Crippen molar-refractivity contribution in [2.24, 2.45) is 0 Å². The third kappa shape index (κ3) is 4.38. The molecular formula is C36H26O6. The summed E-state index contributed by atoms with van der Waals surface area (Å²) in [5.74, 6) is -2.40. The lowest BCUT2D eigenvalue weighted by molar-refractivity contribution is 0.0670. The Balaban J connectivity index is 1.62. The number of allylic oxidation sites excluding steroid dienone is 2. The number of fused-ring (bicyclic) bond motifs is 3. The fraction of sp³-hybridized carbons (Fsp3) is 0.111. The molecule has 0 aliphatic heterocycles. The molecule has 2 aliphatic rings. The van der Waals surface area contributed by atoms with Crippen LogP contribution in [-0.2, 0) is 15.9 Å². The van der Waals surface area contributed by atoms with Crippen molar-refractivity contribution in [1.29, 1.82) is 0 Å². The van der Waals surface area contributed by atoms with Crippen molar-refractivity contribution >= 4 is 35.0 Å². The Morgan fingerprint density at radius 2 is 1.02 bits per heavy atom. The van der Waals surface area contributed by atoms with Gasteiger partial charge in [0.05, 0.1) is 22.3 Å². The predicted molar refractivity (Wildman–Crippen MR) is 158 cm³/mol. The van der Waals surface area contributed by atoms with E-state index in [0.29, 0.717) is 39.8 Å². The number of Topliss-reactive ketones (excluding diaryl/α,β-unsaturated/α-hetero) is 2. The molecule has 0 radical (unpaired) electrons. The Kier molecular flexibility index (Phi) is 6.75. The molecule has 6 heteroatoms. The first-order valence-corrected chi connectivity index (χ1v) is 13.7. The second kappa shape index (κ2) is 10.6. The summed E-state index contributed by atoms with van der Waals surface area (Å²) >= 11 is 0. The van der Waals surface area contributed by atoms with Gasteiger partial charge >= 0.3 is 11.9 Å². The summed E-state index contributed by atoms with van der Waals surface area (Å²) in [6.45, 7) is 5.54. The SMILES string of the molecule is CCc1ccc2c(c1)C(OC(=O)c1ccccc1C)=C1C(=O)c3ccccc3C(OC(=O)c3ccccc3C)=C1C2=O. The average molecular weight is 555 g/mol. The van der Waals surface area contributed by atoms with Crippen LogP contribution in [0.5, 0.6) is 0 Å². The monoisotopic (exact) mass is 554 g/mol. The van der Waals surface area contributed by atoms with E-state index in [4.69, 9.17) is 9.47 Å². The summed E-state index contributed by atoms with van der Waals surface area (Å²) in [6, 6.07) is 25.8. The van der Waals surface area contributed by atoms with Crippen molar-refractivity contribution in [2.45, 2.75) is 27.2 Å². The Morgan fingerprint density at radius 1 is 0.571 bits per heavy atom. The summed E-state index contributed by atoms with van der Waals surface area (Å²) in [5.41, 5.74) is 3.88. The Labute approximate surface area is 242 Å². The minimum absolute atomic E-state index is 0.0351. The molecule has 4 aromatic carbocycles. The normalized spacial score (nSPS) is 13.8. The van der Waals surface area contributed by atoms with Crippen LogP contribution in [0.15, 0.2) is 102 Å². The Morgan fingerprint density at radius 3 is 1.55 bits per heavy atom. The zero-order valence-corrected chi connectivity index (χ0v) is 23.3. The van der Waals surface area contributed by atoms with Gasteiger partial charge in [-0.2, -0.15) is 0 Å². The second-order valence-electron chi connectivity index (χ2n) is 10.3. The molecule has 42 heavy (non-hydrogen) atoms. The summed E-state index contributed by atoms with van der Waals surface area (Å²) in [6.07, 6.45) is 0.661. The highest BCUT2D eigenvalue weighted by atomic mass is 16.5. The van der Waals surface area contributed by atoms with Crippen molar-refractivity contribution in [3.8, 4) is 0 Å². The standard InChI is InChI=1S/C36H26O6/c1-4-22-17-18-26-28(19-22)34(42-36(40)24-14-8-6-12-21(24)3)30-29(32(26)38)33(27-16-10-9-15-25(27)31(30)37)41-35(39)23-13-7-5-11-20(23)2/h5-19H,4H2,1-3H3. The first-order chi connectivity index (χ1) is 20.3. The van der Waals surface area contributed by atoms with E-state index in [2.05, 4.69) is 0 Å². The van der Waals surface area contributed by atoms with Crippen LogP contribution in [0.25, 0.3) is 11.5 Å². The Bertz CT molecular complexity index is 1910. The van der Waals surface area contributed by atoms with Crippen LogP contribution in [0.1, 0.15) is 76.2 Å². The number of ketones is 2. The zero-order valence-electron chi connectivity index (χ0n) is 23.3. The minimum Gasteiger partial charge on any atom is -0.421 e. The minimum atomic E-state index is -0.669. The second-order valence-corrected chi connectivity index (χ2v) is 10.3. The lowest BCUT2D eigenvalue weighted by atomic mass is 9.76. The molecule has 0 atom stereocenters. The average Bonchev–Trinajstić information content (AvgIpc) is 3.00. The van der Waals surface area contributed by atoms with Crippen molar-refractivity contribution in [3.63, 3.8) is 0 Å². The molecule has 206 valence electrons. The fourth-order valence-corrected chi connectivity index (χ4v) is 5.39. The molecule has 4 aromatic rings. The van der Waals surface area contributed by atoms with Crippen LogP contribution in [0, 0.1) is 13.8 Å². The van der Waals surface area contributed by atoms with Crippen LogP contribution in [0.3, 0.4) is 0 Å². The third-order valence-electron chi connectivity index (χ3n) is 7.68. The lowest BCUT2D eigenvalue weighted by Crippen LogP contribution is -2.29. The van der Waals surface area contributed by atoms with E-state index in [0.717, 1.165) is 5.56 Å². The quantitative estimate of drug-likeness (QED) is 0.245. The van der Waals surface area contributed by atoms with Gasteiger partial charge in [-0.25, -0.2) is 9.59 Å². The van der Waals surface area contributed by atoms with Gasteiger partial charge in [-0.3, -0.25) is 9.59 Å². The maximum absolute atomic E-state index is 14.2. The van der Waals surface area contributed by atoms with E-state index in [-0.39, 0.29) is 33.8 Å². The number of benzene rings is 4. The molecule has 6 nitrogen and oxygen atoms in total. The van der Waals surface area contributed by atoms with E-state index >= 15 is 0 Å². The highest BCUT2D eigenvalue weighted by Gasteiger charge is 2.43. The Hall–Kier alpha value is -5.36. The molecular weight excluding hydrogens is 528 g/mol. The van der Waals surface area contributed by atoms with Crippen molar-refractivity contribution < 1.29 is 28.7 Å². The van der Waals surface area contributed by atoms with Crippen molar-refractivity contribution in [2.75, 3.05) is 0 Å². The first kappa shape index (κ1) is 26.8. The van der Waals surface area contributed by atoms with Gasteiger partial charge in [0.2, 0.25) is 0 Å². The van der Waals surface area contributed by atoms with Gasteiger partial charge in [-0.1, -0.05) is 79.7 Å². The molecule has 0 saturated carbocycles. The third-order valence-corrected chi connectivity index (χ3v) is 7.68. The number of hydrogen-bond donors (Lipinski definition) is 0. The molecule has 0 fully saturated rings. The fourth-order valence-electron chi connectivity index (χ4n) is 5.39. The number of rotatable bonds is 5. The highest BCUT2D eigenvalue weighted by Crippen LogP contribution is 2.45. The summed E-state index contributed by atoms with van der Waals surface area (Å²) in [7, 11) is 0. The molecule has 2 aliphatic carbocycles. The summed E-state index contributed by atoms with van der Waals surface area (Å²) in [5, 5.41) is 0. The van der Waals surface area contributed by atoms with E-state index in [9.17, 15) is 19.2 Å². The molecule has 0 aromatic heterocycles. The zero-order chi connectivity index (χ0) is 29.5. The van der Waals surface area contributed by atoms with Crippen LogP contribution in [-0.4, -0.2) is 23.5 Å². The smallest absolute Gasteiger partial charge is 0.343 e. The van der Waals surface area contributed by atoms with E-state index in [1.54, 1.807) is 86.6 Å². The predicted octanol–water partition coefficient (Wildman–Crippen LogP) is 7.09. The molecule has 0 unspecified atom stereocenters. The summed E-state index contributed by atoms with van der Waals surface area (Å²) < 4.78 is 12.0. The van der Waals surface area contributed by atoms with Gasteiger partial charge in [-0.05, 0) is 55.2 Å². The maximum Gasteiger partial charge on any atom is 0.343 e. The molecule has 0 saturated heterocycles. The van der Waals surface area contributed by atoms with Gasteiger partial charge in [0, 0.05) is 22.3 Å². The number of carbonyl (C=O) groups is 4. The van der Waals surface area contributed by atoms with Crippen molar-refractivity contribution in [3.05, 3.63) is 152 Å². The van der Waals surface area contributed by atoms with Crippen LogP contribution < -0.4 is 0 Å². The van der Waals surface area contributed by atoms with Crippen LogP contribution in [0.4, 0.5) is 0 Å². The lowest BCUT2D eigenvalue weighted by Gasteiger charge is -2.29. The highest BCUT2D eigenvalue weighted by molar-refractivity contribution is 6.34. The molecule has 0 heterocycles. The van der Waals surface area contributed by atoms with E-state index in [1.165, 1.54) is 0 Å². The number of hydrogen-bond acceptors (Lipinski definition) is 6. The van der Waals surface area contributed by atoms with Gasteiger partial charge in [0.1, 0.15) is 0 Å². The van der Waals surface area contributed by atoms with Crippen molar-refractivity contribution in [1.82, 2.24) is 0 Å². The molecule has 0 amide bonds. The van der Waals surface area contributed by atoms with Gasteiger partial charge in [-0.15, -0.1) is 0 Å². The largest absolute Gasteiger partial charge is 0.421 e. The van der Waals surface area contributed by atoms with Gasteiger partial charge < -0.3 is 9.47 Å². The number of ether oxygens (including phenoxy) is 2. The number of esters is 2. The van der Waals surface area contributed by atoms with Gasteiger partial charge in [0.25, 0.3) is 0 Å². The molecule has 6 rings (SSSR count). The van der Waals surface area contributed by atoms with E-state index < -0.39 is 23.5 Å². The topological polar surface area (TPSA) is 86.7 Å². The van der Waals surface area contributed by atoms with E-state index in [1.807, 2.05) is 25.1 Å². The first-order valence-electron chi connectivity index (χ1n) is 13.7. The number of aryl methyl sites for hydroxylation is 3. The maximum atomic E-state index is 14.2. The molecule has 0 bridgehead atoms. The number of carbonyl (C=O) groups excluding carboxylic acids is 4. The summed E-state index contributed by atoms with van der Waals surface area (Å²) in [4.78, 5) is 55.3. The molecule has 0 spiro atoms. The van der Waals surface area contributed by atoms with Crippen LogP contribution >= 0.6 is 0 Å².